The van der Waals surface area contributed by atoms with Gasteiger partial charge >= 0.3 is 6.03 Å². The third-order valence-corrected chi connectivity index (χ3v) is 5.10. The van der Waals surface area contributed by atoms with Crippen LogP contribution < -0.4 is 5.32 Å². The van der Waals surface area contributed by atoms with Gasteiger partial charge in [0.15, 0.2) is 0 Å². The second kappa shape index (κ2) is 6.98. The van der Waals surface area contributed by atoms with Crippen LogP contribution in [0.25, 0.3) is 11.0 Å². The highest BCUT2D eigenvalue weighted by Crippen LogP contribution is 2.28. The van der Waals surface area contributed by atoms with E-state index in [2.05, 4.69) is 25.4 Å². The SMILES string of the molecule is CC(NC(=O)N1CCC(c2nc3ccc(F)cc3[nH]2)CC1)c1ncnn1C. The Labute approximate surface area is 155 Å². The van der Waals surface area contributed by atoms with Gasteiger partial charge in [-0.25, -0.2) is 19.2 Å². The van der Waals surface area contributed by atoms with Crippen molar-refractivity contribution in [1.82, 2.24) is 34.9 Å². The number of nitrogens with one attached hydrogen (secondary N) is 2. The minimum atomic E-state index is -0.277. The molecule has 1 saturated heterocycles. The standard InChI is InChI=1S/C18H22FN7O/c1-11(17-20-10-21-25(17)2)22-18(27)26-7-5-12(6-8-26)16-23-14-4-3-13(19)9-15(14)24-16/h3-4,9-12H,5-8H2,1-2H3,(H,22,27)(H,23,24). The molecule has 1 aliphatic heterocycles. The Bertz CT molecular complexity index is 958. The fraction of sp³-hybridized carbons (Fsp3) is 0.444. The van der Waals surface area contributed by atoms with Gasteiger partial charge in [0.25, 0.3) is 0 Å². The maximum absolute atomic E-state index is 13.4. The van der Waals surface area contributed by atoms with E-state index in [0.717, 1.165) is 24.2 Å². The van der Waals surface area contributed by atoms with E-state index < -0.39 is 0 Å². The molecule has 1 aliphatic rings. The first kappa shape index (κ1) is 17.4. The summed E-state index contributed by atoms with van der Waals surface area (Å²) in [5.41, 5.74) is 1.48. The number of carbonyl (C=O) groups excluding carboxylic acids is 1. The Morgan fingerprint density at radius 2 is 2.15 bits per heavy atom. The number of imidazole rings is 1. The largest absolute Gasteiger partial charge is 0.342 e. The predicted octanol–water partition coefficient (Wildman–Crippen LogP) is 2.48. The van der Waals surface area contributed by atoms with Crippen LogP contribution in [0, 0.1) is 5.82 Å². The van der Waals surface area contributed by atoms with Gasteiger partial charge in [0, 0.05) is 26.1 Å². The Kier molecular flexibility index (Phi) is 4.51. The van der Waals surface area contributed by atoms with E-state index in [9.17, 15) is 9.18 Å². The lowest BCUT2D eigenvalue weighted by Gasteiger charge is -2.32. The fourth-order valence-corrected chi connectivity index (χ4v) is 3.59. The molecule has 2 aromatic heterocycles. The molecule has 3 aromatic rings. The molecule has 9 heteroatoms. The van der Waals surface area contributed by atoms with Crippen LogP contribution >= 0.6 is 0 Å². The maximum Gasteiger partial charge on any atom is 0.317 e. The number of benzene rings is 1. The number of nitrogens with zero attached hydrogens (tertiary/aromatic N) is 5. The second-order valence-electron chi connectivity index (χ2n) is 6.96. The molecule has 3 heterocycles. The number of halogens is 1. The number of carbonyl (C=O) groups is 1. The Hall–Kier alpha value is -2.97. The minimum absolute atomic E-state index is 0.101. The highest BCUT2D eigenvalue weighted by Gasteiger charge is 2.27. The molecule has 0 aliphatic carbocycles. The summed E-state index contributed by atoms with van der Waals surface area (Å²) in [6, 6.07) is 4.24. The van der Waals surface area contributed by atoms with Crippen molar-refractivity contribution in [3.05, 3.63) is 42.0 Å². The van der Waals surface area contributed by atoms with E-state index >= 15 is 0 Å². The number of H-pyrrole nitrogens is 1. The van der Waals surface area contributed by atoms with Crippen LogP contribution in [0.4, 0.5) is 9.18 Å². The third-order valence-electron chi connectivity index (χ3n) is 5.10. The lowest BCUT2D eigenvalue weighted by molar-refractivity contribution is 0.177. The van der Waals surface area contributed by atoms with E-state index in [1.165, 1.54) is 18.5 Å². The average molecular weight is 371 g/mol. The molecule has 0 spiro atoms. The van der Waals surface area contributed by atoms with Gasteiger partial charge in [0.2, 0.25) is 0 Å². The first-order valence-electron chi connectivity index (χ1n) is 9.06. The van der Waals surface area contributed by atoms with Gasteiger partial charge in [-0.1, -0.05) is 0 Å². The van der Waals surface area contributed by atoms with Crippen molar-refractivity contribution in [1.29, 1.82) is 0 Å². The van der Waals surface area contributed by atoms with Gasteiger partial charge in [-0.05, 0) is 38.0 Å². The van der Waals surface area contributed by atoms with Gasteiger partial charge < -0.3 is 15.2 Å². The number of amides is 2. The molecular formula is C18H22FN7O. The molecule has 0 saturated carbocycles. The number of aromatic nitrogens is 5. The lowest BCUT2D eigenvalue weighted by atomic mass is 9.96. The molecule has 8 nitrogen and oxygen atoms in total. The molecule has 0 bridgehead atoms. The first-order chi connectivity index (χ1) is 13.0. The summed E-state index contributed by atoms with van der Waals surface area (Å²) in [6.07, 6.45) is 3.10. The lowest BCUT2D eigenvalue weighted by Crippen LogP contribution is -2.45. The number of likely N-dealkylation sites (tertiary alicyclic amines) is 1. The molecule has 2 amide bonds. The Balaban J connectivity index is 1.36. The van der Waals surface area contributed by atoms with Crippen molar-refractivity contribution >= 4 is 17.1 Å². The number of urea groups is 1. The van der Waals surface area contributed by atoms with Crippen LogP contribution in [-0.2, 0) is 7.05 Å². The van der Waals surface area contributed by atoms with Crippen molar-refractivity contribution in [2.24, 2.45) is 7.05 Å². The second-order valence-corrected chi connectivity index (χ2v) is 6.96. The number of hydrogen-bond acceptors (Lipinski definition) is 4. The zero-order valence-corrected chi connectivity index (χ0v) is 15.3. The monoisotopic (exact) mass is 371 g/mol. The van der Waals surface area contributed by atoms with Crippen molar-refractivity contribution in [3.63, 3.8) is 0 Å². The molecule has 0 radical (unpaired) electrons. The van der Waals surface area contributed by atoms with Gasteiger partial charge in [-0.3, -0.25) is 4.68 Å². The quantitative estimate of drug-likeness (QED) is 0.740. The van der Waals surface area contributed by atoms with E-state index in [1.54, 1.807) is 17.8 Å². The normalized spacial score (nSPS) is 16.6. The molecule has 1 atom stereocenters. The smallest absolute Gasteiger partial charge is 0.317 e. The van der Waals surface area contributed by atoms with Crippen LogP contribution in [0.5, 0.6) is 0 Å². The molecular weight excluding hydrogens is 349 g/mol. The number of fused-ring (bicyclic) bond motifs is 1. The summed E-state index contributed by atoms with van der Waals surface area (Å²) >= 11 is 0. The molecule has 27 heavy (non-hydrogen) atoms. The summed E-state index contributed by atoms with van der Waals surface area (Å²) in [6.45, 7) is 3.18. The highest BCUT2D eigenvalue weighted by molar-refractivity contribution is 5.75. The summed E-state index contributed by atoms with van der Waals surface area (Å²) in [5.74, 6) is 1.54. The van der Waals surface area contributed by atoms with Crippen LogP contribution in [0.2, 0.25) is 0 Å². The van der Waals surface area contributed by atoms with Crippen LogP contribution in [0.15, 0.2) is 24.5 Å². The van der Waals surface area contributed by atoms with Crippen molar-refractivity contribution in [2.75, 3.05) is 13.1 Å². The third kappa shape index (κ3) is 3.49. The summed E-state index contributed by atoms with van der Waals surface area (Å²) < 4.78 is 15.0. The van der Waals surface area contributed by atoms with Crippen molar-refractivity contribution in [2.45, 2.75) is 31.7 Å². The maximum atomic E-state index is 13.4. The fourth-order valence-electron chi connectivity index (χ4n) is 3.59. The number of rotatable bonds is 3. The highest BCUT2D eigenvalue weighted by atomic mass is 19.1. The molecule has 4 rings (SSSR count). The minimum Gasteiger partial charge on any atom is -0.342 e. The zero-order valence-electron chi connectivity index (χ0n) is 15.3. The molecule has 2 N–H and O–H groups in total. The van der Waals surface area contributed by atoms with Gasteiger partial charge in [0.1, 0.15) is 23.8 Å². The van der Waals surface area contributed by atoms with Gasteiger partial charge in [0.05, 0.1) is 17.1 Å². The number of piperidine rings is 1. The van der Waals surface area contributed by atoms with Crippen LogP contribution in [-0.4, -0.2) is 48.8 Å². The first-order valence-corrected chi connectivity index (χ1v) is 9.06. The van der Waals surface area contributed by atoms with E-state index in [-0.39, 0.29) is 23.8 Å². The van der Waals surface area contributed by atoms with E-state index in [0.29, 0.717) is 24.4 Å². The number of aromatic amines is 1. The molecule has 142 valence electrons. The summed E-state index contributed by atoms with van der Waals surface area (Å²) in [5, 5.41) is 7.00. The van der Waals surface area contributed by atoms with Crippen LogP contribution in [0.1, 0.15) is 43.4 Å². The Morgan fingerprint density at radius 1 is 1.37 bits per heavy atom. The molecule has 1 aromatic carbocycles. The van der Waals surface area contributed by atoms with Crippen LogP contribution in [0.3, 0.4) is 0 Å². The van der Waals surface area contributed by atoms with Crippen molar-refractivity contribution < 1.29 is 9.18 Å². The summed E-state index contributed by atoms with van der Waals surface area (Å²) in [7, 11) is 1.80. The number of aryl methyl sites for hydroxylation is 1. The zero-order chi connectivity index (χ0) is 19.0. The topological polar surface area (TPSA) is 91.7 Å². The van der Waals surface area contributed by atoms with Gasteiger partial charge in [-0.2, -0.15) is 5.10 Å². The molecule has 1 fully saturated rings. The van der Waals surface area contributed by atoms with Crippen molar-refractivity contribution in [3.8, 4) is 0 Å². The van der Waals surface area contributed by atoms with Gasteiger partial charge in [-0.15, -0.1) is 0 Å². The van der Waals surface area contributed by atoms with E-state index in [1.807, 2.05) is 11.8 Å². The predicted molar refractivity (Wildman–Crippen MR) is 97.5 cm³/mol. The molecule has 1 unspecified atom stereocenters. The number of hydrogen-bond donors (Lipinski definition) is 2. The summed E-state index contributed by atoms with van der Waals surface area (Å²) in [4.78, 5) is 26.3. The van der Waals surface area contributed by atoms with E-state index in [4.69, 9.17) is 0 Å². The average Bonchev–Trinajstić information content (AvgIpc) is 3.27. The Morgan fingerprint density at radius 3 is 2.85 bits per heavy atom.